The molecule has 22 heavy (non-hydrogen) atoms. The van der Waals surface area contributed by atoms with Crippen LogP contribution in [0.4, 0.5) is 0 Å². The molecule has 0 saturated carbocycles. The van der Waals surface area contributed by atoms with Crippen LogP contribution in [0, 0.1) is 0 Å². The summed E-state index contributed by atoms with van der Waals surface area (Å²) in [5.41, 5.74) is 0. The summed E-state index contributed by atoms with van der Waals surface area (Å²) in [5, 5.41) is 6.25. The molecule has 2 N–H and O–H groups in total. The Morgan fingerprint density at radius 2 is 1.77 bits per heavy atom. The van der Waals surface area contributed by atoms with Gasteiger partial charge in [0.15, 0.2) is 15.8 Å². The second-order valence-electron chi connectivity index (χ2n) is 4.76. The molecule has 6 nitrogen and oxygen atoms in total. The molecule has 0 saturated heterocycles. The molecule has 0 fully saturated rings. The van der Waals surface area contributed by atoms with E-state index in [1.165, 1.54) is 0 Å². The van der Waals surface area contributed by atoms with Crippen LogP contribution in [0.2, 0.25) is 0 Å². The van der Waals surface area contributed by atoms with Crippen molar-refractivity contribution in [1.29, 1.82) is 0 Å². The van der Waals surface area contributed by atoms with Crippen LogP contribution in [0.1, 0.15) is 12.8 Å². The van der Waals surface area contributed by atoms with Crippen molar-refractivity contribution in [1.82, 2.24) is 10.6 Å². The zero-order valence-electron chi connectivity index (χ0n) is 13.2. The van der Waals surface area contributed by atoms with Crippen LogP contribution in [-0.2, 0) is 14.6 Å². The molecule has 0 aliphatic rings. The van der Waals surface area contributed by atoms with Crippen molar-refractivity contribution in [2.24, 2.45) is 4.99 Å². The Labute approximate surface area is 132 Å². The van der Waals surface area contributed by atoms with Gasteiger partial charge in [-0.05, 0) is 25.0 Å². The van der Waals surface area contributed by atoms with Gasteiger partial charge in [-0.15, -0.1) is 0 Å². The molecule has 7 heteroatoms. The van der Waals surface area contributed by atoms with E-state index in [2.05, 4.69) is 15.6 Å². The van der Waals surface area contributed by atoms with Gasteiger partial charge in [0.1, 0.15) is 0 Å². The molecule has 0 radical (unpaired) electrons. The predicted molar refractivity (Wildman–Crippen MR) is 89.0 cm³/mol. The Balaban J connectivity index is 2.29. The van der Waals surface area contributed by atoms with Crippen LogP contribution in [0.15, 0.2) is 40.2 Å². The molecule has 0 atom stereocenters. The van der Waals surface area contributed by atoms with E-state index in [0.29, 0.717) is 30.4 Å². The number of nitrogens with one attached hydrogen (secondary N) is 2. The van der Waals surface area contributed by atoms with Gasteiger partial charge >= 0.3 is 0 Å². The molecule has 0 amide bonds. The number of benzene rings is 1. The summed E-state index contributed by atoms with van der Waals surface area (Å²) in [6, 6.07) is 8.52. The minimum absolute atomic E-state index is 0.116. The van der Waals surface area contributed by atoms with E-state index in [1.807, 2.05) is 0 Å². The van der Waals surface area contributed by atoms with Gasteiger partial charge in [0, 0.05) is 33.9 Å². The van der Waals surface area contributed by atoms with Crippen molar-refractivity contribution in [3.63, 3.8) is 0 Å². The van der Waals surface area contributed by atoms with E-state index in [-0.39, 0.29) is 5.75 Å². The maximum atomic E-state index is 12.1. The number of hydrogen-bond acceptors (Lipinski definition) is 4. The topological polar surface area (TPSA) is 79.8 Å². The molecule has 0 unspecified atom stereocenters. The third-order valence-corrected chi connectivity index (χ3v) is 4.84. The fourth-order valence-corrected chi connectivity index (χ4v) is 3.19. The van der Waals surface area contributed by atoms with Gasteiger partial charge in [-0.25, -0.2) is 8.42 Å². The number of nitrogens with zero attached hydrogens (tertiary/aromatic N) is 1. The monoisotopic (exact) mass is 327 g/mol. The summed E-state index contributed by atoms with van der Waals surface area (Å²) in [5.74, 6) is 0.790. The molecule has 0 aliphatic heterocycles. The first-order chi connectivity index (χ1) is 10.6. The minimum atomic E-state index is -3.21. The first kappa shape index (κ1) is 18.4. The van der Waals surface area contributed by atoms with Gasteiger partial charge in [-0.1, -0.05) is 18.2 Å². The molecular formula is C15H25N3O3S. The number of sulfone groups is 1. The van der Waals surface area contributed by atoms with Crippen molar-refractivity contribution >= 4 is 15.8 Å². The normalized spacial score (nSPS) is 12.2. The number of methoxy groups -OCH3 is 1. The maximum Gasteiger partial charge on any atom is 0.190 e. The zero-order valence-corrected chi connectivity index (χ0v) is 14.0. The molecule has 0 aromatic heterocycles. The highest BCUT2D eigenvalue weighted by Crippen LogP contribution is 2.10. The van der Waals surface area contributed by atoms with Gasteiger partial charge in [0.2, 0.25) is 0 Å². The molecule has 0 bridgehead atoms. The minimum Gasteiger partial charge on any atom is -0.385 e. The van der Waals surface area contributed by atoms with Crippen molar-refractivity contribution < 1.29 is 13.2 Å². The van der Waals surface area contributed by atoms with Gasteiger partial charge in [-0.2, -0.15) is 0 Å². The van der Waals surface area contributed by atoms with Crippen LogP contribution in [0.3, 0.4) is 0 Å². The van der Waals surface area contributed by atoms with Gasteiger partial charge in [0.25, 0.3) is 0 Å². The summed E-state index contributed by atoms with van der Waals surface area (Å²) in [4.78, 5) is 4.45. The van der Waals surface area contributed by atoms with E-state index in [0.717, 1.165) is 13.0 Å². The highest BCUT2D eigenvalue weighted by atomic mass is 32.2. The molecule has 1 rings (SSSR count). The van der Waals surface area contributed by atoms with E-state index >= 15 is 0 Å². The first-order valence-electron chi connectivity index (χ1n) is 7.31. The first-order valence-corrected chi connectivity index (χ1v) is 8.96. The number of ether oxygens (including phenoxy) is 1. The Morgan fingerprint density at radius 1 is 1.14 bits per heavy atom. The van der Waals surface area contributed by atoms with Gasteiger partial charge < -0.3 is 15.4 Å². The lowest BCUT2D eigenvalue weighted by atomic mass is 10.4. The maximum absolute atomic E-state index is 12.1. The molecule has 0 aliphatic carbocycles. The smallest absolute Gasteiger partial charge is 0.190 e. The largest absolute Gasteiger partial charge is 0.385 e. The van der Waals surface area contributed by atoms with E-state index < -0.39 is 9.84 Å². The average molecular weight is 327 g/mol. The summed E-state index contributed by atoms with van der Waals surface area (Å²) in [7, 11) is 0.148. The molecule has 124 valence electrons. The summed E-state index contributed by atoms with van der Waals surface area (Å²) in [6.07, 6.45) is 1.41. The SMILES string of the molecule is CN=C(NCCCOC)NCCCS(=O)(=O)c1ccccc1. The van der Waals surface area contributed by atoms with Crippen molar-refractivity contribution in [3.05, 3.63) is 30.3 Å². The average Bonchev–Trinajstić information content (AvgIpc) is 2.54. The van der Waals surface area contributed by atoms with Crippen LogP contribution < -0.4 is 10.6 Å². The highest BCUT2D eigenvalue weighted by molar-refractivity contribution is 7.91. The molecular weight excluding hydrogens is 302 g/mol. The second kappa shape index (κ2) is 10.2. The van der Waals surface area contributed by atoms with E-state index in [4.69, 9.17) is 4.74 Å². The van der Waals surface area contributed by atoms with Crippen LogP contribution in [0.25, 0.3) is 0 Å². The summed E-state index contributed by atoms with van der Waals surface area (Å²) >= 11 is 0. The Morgan fingerprint density at radius 3 is 2.36 bits per heavy atom. The number of rotatable bonds is 9. The second-order valence-corrected chi connectivity index (χ2v) is 6.87. The van der Waals surface area contributed by atoms with Gasteiger partial charge in [0.05, 0.1) is 10.6 Å². The Hall–Kier alpha value is -1.60. The van der Waals surface area contributed by atoms with Gasteiger partial charge in [-0.3, -0.25) is 4.99 Å². The van der Waals surface area contributed by atoms with Crippen molar-refractivity contribution in [2.45, 2.75) is 17.7 Å². The zero-order chi connectivity index (χ0) is 16.3. The molecule has 1 aromatic rings. The fraction of sp³-hybridized carbons (Fsp3) is 0.533. The Bertz CT molecular complexity index is 544. The van der Waals surface area contributed by atoms with Crippen LogP contribution >= 0.6 is 0 Å². The lowest BCUT2D eigenvalue weighted by Crippen LogP contribution is -2.38. The quantitative estimate of drug-likeness (QED) is 0.403. The highest BCUT2D eigenvalue weighted by Gasteiger charge is 2.12. The standard InChI is InChI=1S/C15H25N3O3S/c1-16-15(17-10-6-12-21-2)18-11-7-13-22(19,20)14-8-4-3-5-9-14/h3-5,8-9H,6-7,10-13H2,1-2H3,(H2,16,17,18). The van der Waals surface area contributed by atoms with Crippen LogP contribution in [0.5, 0.6) is 0 Å². The van der Waals surface area contributed by atoms with Crippen LogP contribution in [-0.4, -0.2) is 54.0 Å². The van der Waals surface area contributed by atoms with Crippen molar-refractivity contribution in [2.75, 3.05) is 39.6 Å². The number of hydrogen-bond donors (Lipinski definition) is 2. The number of guanidine groups is 1. The van der Waals surface area contributed by atoms with Crippen molar-refractivity contribution in [3.8, 4) is 0 Å². The molecule has 0 spiro atoms. The van der Waals surface area contributed by atoms with E-state index in [9.17, 15) is 8.42 Å². The third kappa shape index (κ3) is 6.91. The summed E-state index contributed by atoms with van der Waals surface area (Å²) < 4.78 is 29.2. The lowest BCUT2D eigenvalue weighted by Gasteiger charge is -2.11. The third-order valence-electron chi connectivity index (χ3n) is 3.03. The Kier molecular flexibility index (Phi) is 8.54. The number of aliphatic imine (C=N–C) groups is 1. The fourth-order valence-electron chi connectivity index (χ4n) is 1.86. The molecule has 0 heterocycles. The van der Waals surface area contributed by atoms with E-state index in [1.54, 1.807) is 44.5 Å². The molecule has 1 aromatic carbocycles. The lowest BCUT2D eigenvalue weighted by molar-refractivity contribution is 0.195. The summed E-state index contributed by atoms with van der Waals surface area (Å²) in [6.45, 7) is 2.01. The predicted octanol–water partition coefficient (Wildman–Crippen LogP) is 1.05.